The molecule has 1 atom stereocenters. The lowest BCUT2D eigenvalue weighted by Gasteiger charge is -2.13. The van der Waals surface area contributed by atoms with Crippen molar-refractivity contribution in [2.75, 3.05) is 7.11 Å². The summed E-state index contributed by atoms with van der Waals surface area (Å²) in [5.41, 5.74) is 3.60. The van der Waals surface area contributed by atoms with Crippen LogP contribution in [-0.4, -0.2) is 19.1 Å². The van der Waals surface area contributed by atoms with Crippen LogP contribution >= 0.6 is 0 Å². The molecule has 0 aliphatic rings. The first-order valence-electron chi connectivity index (χ1n) is 7.48. The third-order valence-corrected chi connectivity index (χ3v) is 3.60. The molecule has 0 fully saturated rings. The number of ether oxygens (including phenoxy) is 1. The van der Waals surface area contributed by atoms with Crippen LogP contribution in [0.1, 0.15) is 25.0 Å². The lowest BCUT2D eigenvalue weighted by Crippen LogP contribution is -2.31. The van der Waals surface area contributed by atoms with Crippen LogP contribution in [0, 0.1) is 11.3 Å². The normalized spacial score (nSPS) is 11.4. The van der Waals surface area contributed by atoms with Gasteiger partial charge in [0, 0.05) is 13.0 Å². The highest BCUT2D eigenvalue weighted by Gasteiger charge is 2.08. The summed E-state index contributed by atoms with van der Waals surface area (Å²) in [7, 11) is 1.58. The van der Waals surface area contributed by atoms with Crippen molar-refractivity contribution in [1.29, 1.82) is 5.26 Å². The molecule has 1 unspecified atom stereocenters. The second-order valence-electron chi connectivity index (χ2n) is 5.53. The quantitative estimate of drug-likeness (QED) is 0.922. The van der Waals surface area contributed by atoms with Crippen LogP contribution in [-0.2, 0) is 11.2 Å². The molecule has 0 aliphatic heterocycles. The second-order valence-corrected chi connectivity index (χ2v) is 5.53. The van der Waals surface area contributed by atoms with E-state index in [1.54, 1.807) is 13.2 Å². The van der Waals surface area contributed by atoms with Gasteiger partial charge in [-0.25, -0.2) is 0 Å². The Morgan fingerprint density at radius 3 is 2.52 bits per heavy atom. The molecule has 0 saturated carbocycles. The van der Waals surface area contributed by atoms with Gasteiger partial charge >= 0.3 is 0 Å². The van der Waals surface area contributed by atoms with Crippen LogP contribution in [0.25, 0.3) is 11.1 Å². The fourth-order valence-electron chi connectivity index (χ4n) is 2.57. The van der Waals surface area contributed by atoms with Gasteiger partial charge in [0.05, 0.1) is 18.7 Å². The molecule has 2 aromatic carbocycles. The molecular weight excluding hydrogens is 288 g/mol. The summed E-state index contributed by atoms with van der Waals surface area (Å²) in [6.45, 7) is 3.50. The van der Waals surface area contributed by atoms with Crippen molar-refractivity contribution in [3.8, 4) is 22.9 Å². The summed E-state index contributed by atoms with van der Waals surface area (Å²) in [6.07, 6.45) is 0.771. The SMILES string of the molecule is COc1ccc(-c2ccc(CC(C)NC(C)=O)cc2)c(C#N)c1. The molecule has 1 amide bonds. The van der Waals surface area contributed by atoms with E-state index in [1.165, 1.54) is 6.92 Å². The summed E-state index contributed by atoms with van der Waals surface area (Å²) < 4.78 is 5.16. The lowest BCUT2D eigenvalue weighted by molar-refractivity contribution is -0.119. The average molecular weight is 308 g/mol. The highest BCUT2D eigenvalue weighted by atomic mass is 16.5. The maximum atomic E-state index is 11.1. The van der Waals surface area contributed by atoms with Crippen molar-refractivity contribution in [2.24, 2.45) is 0 Å². The highest BCUT2D eigenvalue weighted by molar-refractivity contribution is 5.73. The van der Waals surface area contributed by atoms with Gasteiger partial charge in [0.2, 0.25) is 5.91 Å². The van der Waals surface area contributed by atoms with E-state index in [1.807, 2.05) is 43.3 Å². The Kier molecular flexibility index (Phi) is 5.37. The summed E-state index contributed by atoms with van der Waals surface area (Å²) in [4.78, 5) is 11.1. The minimum Gasteiger partial charge on any atom is -0.497 e. The van der Waals surface area contributed by atoms with Gasteiger partial charge in [-0.05, 0) is 48.2 Å². The number of nitriles is 1. The molecule has 0 aliphatic carbocycles. The first kappa shape index (κ1) is 16.6. The van der Waals surface area contributed by atoms with Gasteiger partial charge in [-0.3, -0.25) is 4.79 Å². The van der Waals surface area contributed by atoms with E-state index in [0.29, 0.717) is 11.3 Å². The monoisotopic (exact) mass is 308 g/mol. The van der Waals surface area contributed by atoms with Gasteiger partial charge in [-0.15, -0.1) is 0 Å². The Balaban J connectivity index is 2.20. The lowest BCUT2D eigenvalue weighted by atomic mass is 9.97. The predicted molar refractivity (Wildman–Crippen MR) is 90.1 cm³/mol. The Bertz CT molecular complexity index is 730. The maximum Gasteiger partial charge on any atom is 0.217 e. The standard InChI is InChI=1S/C19H20N2O2/c1-13(21-14(2)22)10-15-4-6-16(7-5-15)19-9-8-18(23-3)11-17(19)12-20/h4-9,11,13H,10H2,1-3H3,(H,21,22). The van der Waals surface area contributed by atoms with Gasteiger partial charge in [0.15, 0.2) is 0 Å². The molecule has 0 radical (unpaired) electrons. The molecule has 4 nitrogen and oxygen atoms in total. The number of hydrogen-bond donors (Lipinski definition) is 1. The summed E-state index contributed by atoms with van der Waals surface area (Å²) >= 11 is 0. The van der Waals surface area contributed by atoms with E-state index < -0.39 is 0 Å². The smallest absolute Gasteiger partial charge is 0.217 e. The van der Waals surface area contributed by atoms with Crippen LogP contribution in [0.3, 0.4) is 0 Å². The summed E-state index contributed by atoms with van der Waals surface area (Å²) in [5, 5.41) is 12.2. The van der Waals surface area contributed by atoms with Crippen molar-refractivity contribution in [1.82, 2.24) is 5.32 Å². The van der Waals surface area contributed by atoms with E-state index in [9.17, 15) is 10.1 Å². The number of hydrogen-bond acceptors (Lipinski definition) is 3. The fourth-order valence-corrected chi connectivity index (χ4v) is 2.57. The number of rotatable bonds is 5. The molecule has 0 bridgehead atoms. The van der Waals surface area contributed by atoms with Crippen LogP contribution in [0.2, 0.25) is 0 Å². The minimum absolute atomic E-state index is 0.0222. The number of amides is 1. The van der Waals surface area contributed by atoms with E-state index in [2.05, 4.69) is 11.4 Å². The minimum atomic E-state index is -0.0222. The van der Waals surface area contributed by atoms with E-state index in [-0.39, 0.29) is 11.9 Å². The Hall–Kier alpha value is -2.80. The van der Waals surface area contributed by atoms with Crippen molar-refractivity contribution >= 4 is 5.91 Å². The van der Waals surface area contributed by atoms with Crippen molar-refractivity contribution in [2.45, 2.75) is 26.3 Å². The van der Waals surface area contributed by atoms with Crippen LogP contribution in [0.5, 0.6) is 5.75 Å². The van der Waals surface area contributed by atoms with Gasteiger partial charge in [0.1, 0.15) is 5.75 Å². The van der Waals surface area contributed by atoms with Crippen molar-refractivity contribution < 1.29 is 9.53 Å². The van der Waals surface area contributed by atoms with Gasteiger partial charge < -0.3 is 10.1 Å². The first-order chi connectivity index (χ1) is 11.0. The molecule has 4 heteroatoms. The number of nitrogens with zero attached hydrogens (tertiary/aromatic N) is 1. The third-order valence-electron chi connectivity index (χ3n) is 3.60. The number of carbonyl (C=O) groups is 1. The molecule has 118 valence electrons. The molecule has 0 spiro atoms. The zero-order valence-corrected chi connectivity index (χ0v) is 13.6. The predicted octanol–water partition coefficient (Wildman–Crippen LogP) is 3.30. The molecule has 0 saturated heterocycles. The van der Waals surface area contributed by atoms with Gasteiger partial charge in [-0.2, -0.15) is 5.26 Å². The second kappa shape index (κ2) is 7.46. The van der Waals surface area contributed by atoms with E-state index in [0.717, 1.165) is 23.1 Å². The zero-order chi connectivity index (χ0) is 16.8. The van der Waals surface area contributed by atoms with Crippen LogP contribution in [0.4, 0.5) is 0 Å². The number of nitrogens with one attached hydrogen (secondary N) is 1. The molecule has 2 aromatic rings. The van der Waals surface area contributed by atoms with Crippen LogP contribution < -0.4 is 10.1 Å². The van der Waals surface area contributed by atoms with Gasteiger partial charge in [-0.1, -0.05) is 24.3 Å². The highest BCUT2D eigenvalue weighted by Crippen LogP contribution is 2.27. The number of methoxy groups -OCH3 is 1. The molecular formula is C19H20N2O2. The maximum absolute atomic E-state index is 11.1. The number of benzene rings is 2. The molecule has 0 aromatic heterocycles. The summed E-state index contributed by atoms with van der Waals surface area (Å²) in [6, 6.07) is 15.8. The first-order valence-corrected chi connectivity index (χ1v) is 7.48. The van der Waals surface area contributed by atoms with E-state index >= 15 is 0 Å². The van der Waals surface area contributed by atoms with Gasteiger partial charge in [0.25, 0.3) is 0 Å². The Morgan fingerprint density at radius 2 is 1.96 bits per heavy atom. The Morgan fingerprint density at radius 1 is 1.26 bits per heavy atom. The fraction of sp³-hybridized carbons (Fsp3) is 0.263. The molecule has 1 N–H and O–H groups in total. The molecule has 0 heterocycles. The van der Waals surface area contributed by atoms with Crippen LogP contribution in [0.15, 0.2) is 42.5 Å². The Labute approximate surface area is 136 Å². The molecule has 2 rings (SSSR count). The van der Waals surface area contributed by atoms with Crippen molar-refractivity contribution in [3.63, 3.8) is 0 Å². The number of carbonyl (C=O) groups excluding carboxylic acids is 1. The average Bonchev–Trinajstić information content (AvgIpc) is 2.54. The molecule has 23 heavy (non-hydrogen) atoms. The largest absolute Gasteiger partial charge is 0.497 e. The zero-order valence-electron chi connectivity index (χ0n) is 13.6. The summed E-state index contributed by atoms with van der Waals surface area (Å²) in [5.74, 6) is 0.650. The topological polar surface area (TPSA) is 62.1 Å². The van der Waals surface area contributed by atoms with E-state index in [4.69, 9.17) is 4.74 Å². The third kappa shape index (κ3) is 4.33. The van der Waals surface area contributed by atoms with Crippen molar-refractivity contribution in [3.05, 3.63) is 53.6 Å².